The number of ether oxygens (including phenoxy) is 1. The van der Waals surface area contributed by atoms with E-state index >= 15 is 0 Å². The van der Waals surface area contributed by atoms with Crippen molar-refractivity contribution in [3.8, 4) is 5.75 Å². The van der Waals surface area contributed by atoms with Crippen molar-refractivity contribution in [3.05, 3.63) is 29.8 Å². The molecule has 1 aliphatic rings. The summed E-state index contributed by atoms with van der Waals surface area (Å²) in [5, 5.41) is 11.5. The standard InChI is InChI=1S/C15H22O2S2/c1-3-13-15(19-10-9-18-13)14(16)11-7-5-6-8-12(11)17-4-2/h5-8,13-16H,3-4,9-10H2,1-2H3. The average molecular weight is 298 g/mol. The highest BCUT2D eigenvalue weighted by molar-refractivity contribution is 8.07. The van der Waals surface area contributed by atoms with E-state index < -0.39 is 6.10 Å². The van der Waals surface area contributed by atoms with Gasteiger partial charge in [-0.1, -0.05) is 25.1 Å². The van der Waals surface area contributed by atoms with E-state index in [-0.39, 0.29) is 5.25 Å². The summed E-state index contributed by atoms with van der Waals surface area (Å²) in [6.07, 6.45) is 0.668. The van der Waals surface area contributed by atoms with Crippen molar-refractivity contribution in [3.63, 3.8) is 0 Å². The zero-order valence-electron chi connectivity index (χ0n) is 11.5. The summed E-state index contributed by atoms with van der Waals surface area (Å²) >= 11 is 3.89. The van der Waals surface area contributed by atoms with Gasteiger partial charge in [-0.25, -0.2) is 0 Å². The van der Waals surface area contributed by atoms with E-state index in [9.17, 15) is 5.11 Å². The summed E-state index contributed by atoms with van der Waals surface area (Å²) < 4.78 is 5.64. The number of hydrogen-bond acceptors (Lipinski definition) is 4. The Bertz CT molecular complexity index is 397. The second kappa shape index (κ2) is 7.46. The van der Waals surface area contributed by atoms with Gasteiger partial charge >= 0.3 is 0 Å². The third-order valence-electron chi connectivity index (χ3n) is 3.34. The Hall–Kier alpha value is -0.320. The van der Waals surface area contributed by atoms with Gasteiger partial charge in [0.1, 0.15) is 5.75 Å². The Morgan fingerprint density at radius 2 is 2.00 bits per heavy atom. The summed E-state index contributed by atoms with van der Waals surface area (Å²) in [6.45, 7) is 4.81. The van der Waals surface area contributed by atoms with E-state index in [4.69, 9.17) is 4.74 Å². The van der Waals surface area contributed by atoms with Gasteiger partial charge in [-0.05, 0) is 19.4 Å². The zero-order valence-corrected chi connectivity index (χ0v) is 13.2. The highest BCUT2D eigenvalue weighted by atomic mass is 32.2. The molecule has 4 heteroatoms. The fraction of sp³-hybridized carbons (Fsp3) is 0.600. The van der Waals surface area contributed by atoms with Crippen LogP contribution in [0.15, 0.2) is 24.3 Å². The molecular weight excluding hydrogens is 276 g/mol. The van der Waals surface area contributed by atoms with Crippen LogP contribution >= 0.6 is 23.5 Å². The van der Waals surface area contributed by atoms with Crippen LogP contribution in [0.3, 0.4) is 0 Å². The maximum Gasteiger partial charge on any atom is 0.125 e. The van der Waals surface area contributed by atoms with Gasteiger partial charge in [0.15, 0.2) is 0 Å². The van der Waals surface area contributed by atoms with Crippen LogP contribution < -0.4 is 4.74 Å². The van der Waals surface area contributed by atoms with E-state index in [1.807, 2.05) is 54.7 Å². The molecule has 3 unspecified atom stereocenters. The lowest BCUT2D eigenvalue weighted by molar-refractivity contribution is 0.166. The van der Waals surface area contributed by atoms with Crippen LogP contribution in [0.1, 0.15) is 31.9 Å². The molecule has 1 heterocycles. The lowest BCUT2D eigenvalue weighted by Crippen LogP contribution is -2.31. The Morgan fingerprint density at radius 3 is 2.74 bits per heavy atom. The molecule has 0 radical (unpaired) electrons. The molecule has 1 fully saturated rings. The Morgan fingerprint density at radius 1 is 1.26 bits per heavy atom. The Labute approximate surface area is 124 Å². The molecule has 0 spiro atoms. The molecule has 2 rings (SSSR count). The van der Waals surface area contributed by atoms with Crippen molar-refractivity contribution in [2.45, 2.75) is 36.9 Å². The second-order valence-electron chi connectivity index (χ2n) is 4.57. The van der Waals surface area contributed by atoms with Crippen LogP contribution in [-0.4, -0.2) is 33.7 Å². The first-order valence-electron chi connectivity index (χ1n) is 6.90. The molecule has 19 heavy (non-hydrogen) atoms. The van der Waals surface area contributed by atoms with Gasteiger partial charge in [0.25, 0.3) is 0 Å². The van der Waals surface area contributed by atoms with Crippen LogP contribution in [0, 0.1) is 0 Å². The van der Waals surface area contributed by atoms with E-state index in [2.05, 4.69) is 6.92 Å². The van der Waals surface area contributed by atoms with Crippen molar-refractivity contribution in [1.29, 1.82) is 0 Å². The summed E-state index contributed by atoms with van der Waals surface area (Å²) in [4.78, 5) is 0. The van der Waals surface area contributed by atoms with E-state index in [0.29, 0.717) is 11.9 Å². The lowest BCUT2D eigenvalue weighted by atomic mass is 10.0. The molecule has 3 atom stereocenters. The Kier molecular flexibility index (Phi) is 5.92. The molecule has 2 nitrogen and oxygen atoms in total. The second-order valence-corrected chi connectivity index (χ2v) is 7.20. The third kappa shape index (κ3) is 3.61. The first-order chi connectivity index (χ1) is 9.27. The van der Waals surface area contributed by atoms with Crippen molar-refractivity contribution in [2.24, 2.45) is 0 Å². The number of benzene rings is 1. The maximum atomic E-state index is 10.7. The summed E-state index contributed by atoms with van der Waals surface area (Å²) in [6, 6.07) is 7.87. The minimum Gasteiger partial charge on any atom is -0.493 e. The van der Waals surface area contributed by atoms with Crippen LogP contribution in [0.2, 0.25) is 0 Å². The van der Waals surface area contributed by atoms with Crippen LogP contribution in [0.4, 0.5) is 0 Å². The normalized spacial score (nSPS) is 25.0. The first-order valence-corrected chi connectivity index (χ1v) is 9.00. The van der Waals surface area contributed by atoms with Gasteiger partial charge in [0.05, 0.1) is 12.7 Å². The molecule has 1 aromatic rings. The van der Waals surface area contributed by atoms with Crippen LogP contribution in [-0.2, 0) is 0 Å². The SMILES string of the molecule is CCOc1ccccc1C(O)C1SCCSC1CC. The third-order valence-corrected chi connectivity index (χ3v) is 6.68. The molecule has 0 aromatic heterocycles. The predicted molar refractivity (Wildman–Crippen MR) is 85.4 cm³/mol. The topological polar surface area (TPSA) is 29.5 Å². The number of rotatable bonds is 5. The maximum absolute atomic E-state index is 10.7. The average Bonchev–Trinajstić information content (AvgIpc) is 2.47. The molecule has 0 saturated carbocycles. The minimum absolute atomic E-state index is 0.269. The molecular formula is C15H22O2S2. The van der Waals surface area contributed by atoms with Crippen molar-refractivity contribution < 1.29 is 9.84 Å². The van der Waals surface area contributed by atoms with Crippen molar-refractivity contribution in [1.82, 2.24) is 0 Å². The number of aliphatic hydroxyl groups excluding tert-OH is 1. The van der Waals surface area contributed by atoms with E-state index in [1.165, 1.54) is 5.75 Å². The number of para-hydroxylation sites is 1. The molecule has 1 saturated heterocycles. The molecule has 0 bridgehead atoms. The molecule has 0 amide bonds. The van der Waals surface area contributed by atoms with Gasteiger partial charge in [0, 0.05) is 27.6 Å². The summed E-state index contributed by atoms with van der Waals surface area (Å²) in [5.41, 5.74) is 0.933. The van der Waals surface area contributed by atoms with Crippen molar-refractivity contribution in [2.75, 3.05) is 18.1 Å². The molecule has 1 aromatic carbocycles. The van der Waals surface area contributed by atoms with Crippen LogP contribution in [0.5, 0.6) is 5.75 Å². The van der Waals surface area contributed by atoms with Gasteiger partial charge < -0.3 is 9.84 Å². The molecule has 1 aliphatic heterocycles. The summed E-state index contributed by atoms with van der Waals surface area (Å²) in [7, 11) is 0. The summed E-state index contributed by atoms with van der Waals surface area (Å²) in [5.74, 6) is 3.14. The number of thioether (sulfide) groups is 2. The molecule has 1 N–H and O–H groups in total. The van der Waals surface area contributed by atoms with Gasteiger partial charge in [-0.2, -0.15) is 23.5 Å². The van der Waals surface area contributed by atoms with Gasteiger partial charge in [-0.3, -0.25) is 0 Å². The minimum atomic E-state index is -0.439. The fourth-order valence-electron chi connectivity index (χ4n) is 2.42. The van der Waals surface area contributed by atoms with Gasteiger partial charge in [0.2, 0.25) is 0 Å². The lowest BCUT2D eigenvalue weighted by Gasteiger charge is -2.34. The van der Waals surface area contributed by atoms with E-state index in [1.54, 1.807) is 0 Å². The molecule has 106 valence electrons. The zero-order chi connectivity index (χ0) is 13.7. The largest absolute Gasteiger partial charge is 0.493 e. The monoisotopic (exact) mass is 298 g/mol. The van der Waals surface area contributed by atoms with Crippen molar-refractivity contribution >= 4 is 23.5 Å². The smallest absolute Gasteiger partial charge is 0.125 e. The predicted octanol–water partition coefficient (Wildman–Crippen LogP) is 3.75. The highest BCUT2D eigenvalue weighted by Gasteiger charge is 2.33. The number of hydrogen-bond donors (Lipinski definition) is 1. The number of aliphatic hydroxyl groups is 1. The van der Waals surface area contributed by atoms with Gasteiger partial charge in [-0.15, -0.1) is 0 Å². The van der Waals surface area contributed by atoms with Crippen LogP contribution in [0.25, 0.3) is 0 Å². The highest BCUT2D eigenvalue weighted by Crippen LogP contribution is 2.42. The first kappa shape index (κ1) is 15.1. The fourth-order valence-corrected chi connectivity index (χ4v) is 5.55. The quantitative estimate of drug-likeness (QED) is 0.896. The van der Waals surface area contributed by atoms with E-state index in [0.717, 1.165) is 23.5 Å². The Balaban J connectivity index is 2.19. The molecule has 0 aliphatic carbocycles.